The lowest BCUT2D eigenvalue weighted by atomic mass is 10.0. The number of urea groups is 1. The Bertz CT molecular complexity index is 1750. The van der Waals surface area contributed by atoms with Crippen LogP contribution in [0, 0.1) is 12.7 Å². The maximum Gasteiger partial charge on any atom is 0.324 e. The van der Waals surface area contributed by atoms with Crippen LogP contribution in [-0.2, 0) is 18.3 Å². The van der Waals surface area contributed by atoms with Gasteiger partial charge in [-0.05, 0) is 60.5 Å². The molecular formula is C33H33FN6O4. The number of amides is 3. The molecule has 0 radical (unpaired) electrons. The number of ether oxygens (including phenoxy) is 1. The molecule has 2 fully saturated rings. The van der Waals surface area contributed by atoms with Crippen LogP contribution in [0.1, 0.15) is 21.5 Å². The minimum absolute atomic E-state index is 0.0543. The van der Waals surface area contributed by atoms with E-state index in [9.17, 15) is 18.8 Å². The number of aryl methyl sites for hydroxylation is 1. The van der Waals surface area contributed by atoms with E-state index in [4.69, 9.17) is 4.74 Å². The van der Waals surface area contributed by atoms with Crippen molar-refractivity contribution in [1.29, 1.82) is 0 Å². The van der Waals surface area contributed by atoms with E-state index in [-0.39, 0.29) is 29.1 Å². The smallest absolute Gasteiger partial charge is 0.324 e. The lowest BCUT2D eigenvalue weighted by molar-refractivity contribution is 0.0303. The summed E-state index contributed by atoms with van der Waals surface area (Å²) in [6, 6.07) is 18.7. The summed E-state index contributed by atoms with van der Waals surface area (Å²) in [5.41, 5.74) is 4.72. The van der Waals surface area contributed by atoms with Crippen molar-refractivity contribution in [2.45, 2.75) is 13.5 Å². The minimum Gasteiger partial charge on any atom is -0.378 e. The Morgan fingerprint density at radius 2 is 1.68 bits per heavy atom. The second-order valence-corrected chi connectivity index (χ2v) is 10.9. The SMILES string of the molecule is Cc1c(-c2cn(C)c(=O)c(Nc3ccc(C(=O)N4CCOCC4)cc3)n2)cccc1N1CCN(Cc2ccc(F)cc2)C1=O. The molecule has 4 aromatic rings. The standard InChI is InChI=1S/C33H33FN6O4/c1-22-27(4-3-5-29(22)40-15-14-39(33(40)43)20-23-6-10-25(34)11-7-23)28-21-37(2)32(42)30(36-28)35-26-12-8-24(9-13-26)31(41)38-16-18-44-19-17-38/h3-13,21H,14-20H2,1-2H3,(H,35,36). The number of nitrogens with zero attached hydrogens (tertiary/aromatic N) is 5. The zero-order valence-corrected chi connectivity index (χ0v) is 24.6. The van der Waals surface area contributed by atoms with Gasteiger partial charge in [-0.3, -0.25) is 14.5 Å². The lowest BCUT2D eigenvalue weighted by Crippen LogP contribution is -2.40. The highest BCUT2D eigenvalue weighted by molar-refractivity contribution is 5.96. The number of hydrogen-bond donors (Lipinski definition) is 1. The maximum atomic E-state index is 13.4. The van der Waals surface area contributed by atoms with Gasteiger partial charge in [0.05, 0.1) is 18.9 Å². The molecule has 44 heavy (non-hydrogen) atoms. The summed E-state index contributed by atoms with van der Waals surface area (Å²) in [6.07, 6.45) is 1.68. The van der Waals surface area contributed by atoms with Crippen LogP contribution >= 0.6 is 0 Å². The number of anilines is 3. The van der Waals surface area contributed by atoms with Gasteiger partial charge in [0.25, 0.3) is 11.5 Å². The molecule has 2 aliphatic rings. The summed E-state index contributed by atoms with van der Waals surface area (Å²) in [6.45, 7) is 5.58. The molecule has 10 nitrogen and oxygen atoms in total. The predicted molar refractivity (Wildman–Crippen MR) is 166 cm³/mol. The van der Waals surface area contributed by atoms with Crippen LogP contribution in [0.25, 0.3) is 11.3 Å². The summed E-state index contributed by atoms with van der Waals surface area (Å²) in [5, 5.41) is 3.11. The minimum atomic E-state index is -0.310. The first kappa shape index (κ1) is 29.1. The Morgan fingerprint density at radius 1 is 0.955 bits per heavy atom. The highest BCUT2D eigenvalue weighted by Gasteiger charge is 2.31. The van der Waals surface area contributed by atoms with Crippen LogP contribution in [0.3, 0.4) is 0 Å². The highest BCUT2D eigenvalue weighted by atomic mass is 19.1. The van der Waals surface area contributed by atoms with E-state index in [1.807, 2.05) is 25.1 Å². The Balaban J connectivity index is 1.21. The molecule has 0 aliphatic carbocycles. The number of halogens is 1. The van der Waals surface area contributed by atoms with E-state index in [1.54, 1.807) is 64.3 Å². The molecule has 2 saturated heterocycles. The van der Waals surface area contributed by atoms with Crippen molar-refractivity contribution < 1.29 is 18.7 Å². The van der Waals surface area contributed by atoms with E-state index in [0.29, 0.717) is 62.9 Å². The zero-order valence-electron chi connectivity index (χ0n) is 24.6. The van der Waals surface area contributed by atoms with Crippen LogP contribution < -0.4 is 15.8 Å². The molecule has 1 N–H and O–H groups in total. The van der Waals surface area contributed by atoms with E-state index in [2.05, 4.69) is 10.3 Å². The van der Waals surface area contributed by atoms with Crippen LogP contribution in [-0.4, -0.2) is 70.7 Å². The summed E-state index contributed by atoms with van der Waals surface area (Å²) in [7, 11) is 1.67. The molecule has 0 spiro atoms. The Kier molecular flexibility index (Phi) is 8.12. The molecule has 1 aromatic heterocycles. The van der Waals surface area contributed by atoms with Crippen molar-refractivity contribution in [3.63, 3.8) is 0 Å². The predicted octanol–water partition coefficient (Wildman–Crippen LogP) is 4.55. The van der Waals surface area contributed by atoms with Crippen molar-refractivity contribution in [1.82, 2.24) is 19.4 Å². The monoisotopic (exact) mass is 596 g/mol. The number of carbonyl (C=O) groups is 2. The van der Waals surface area contributed by atoms with Crippen LogP contribution in [0.2, 0.25) is 0 Å². The first-order chi connectivity index (χ1) is 21.3. The number of aromatic nitrogens is 2. The largest absolute Gasteiger partial charge is 0.378 e. The molecule has 226 valence electrons. The topological polar surface area (TPSA) is 100 Å². The fourth-order valence-corrected chi connectivity index (χ4v) is 5.56. The molecule has 0 bridgehead atoms. The third-order valence-electron chi connectivity index (χ3n) is 8.02. The average Bonchev–Trinajstić information content (AvgIpc) is 3.40. The van der Waals surface area contributed by atoms with E-state index >= 15 is 0 Å². The number of nitrogens with one attached hydrogen (secondary N) is 1. The van der Waals surface area contributed by atoms with E-state index in [1.165, 1.54) is 16.7 Å². The second kappa shape index (κ2) is 12.3. The van der Waals surface area contributed by atoms with Crippen molar-refractivity contribution >= 4 is 29.1 Å². The third-order valence-corrected chi connectivity index (χ3v) is 8.02. The van der Waals surface area contributed by atoms with Gasteiger partial charge < -0.3 is 24.4 Å². The van der Waals surface area contributed by atoms with Crippen molar-refractivity contribution in [3.05, 3.63) is 106 Å². The third kappa shape index (κ3) is 5.91. The van der Waals surface area contributed by atoms with E-state index in [0.717, 1.165) is 22.4 Å². The quantitative estimate of drug-likeness (QED) is 0.336. The zero-order chi connectivity index (χ0) is 30.8. The molecule has 11 heteroatoms. The Hall–Kier alpha value is -5.03. The van der Waals surface area contributed by atoms with Crippen LogP contribution in [0.5, 0.6) is 0 Å². The van der Waals surface area contributed by atoms with Gasteiger partial charge in [0.15, 0.2) is 5.82 Å². The Morgan fingerprint density at radius 3 is 2.41 bits per heavy atom. The Labute approximate surface area is 254 Å². The fraction of sp³-hybridized carbons (Fsp3) is 0.273. The van der Waals surface area contributed by atoms with Crippen molar-refractivity contribution in [3.8, 4) is 11.3 Å². The molecule has 0 saturated carbocycles. The van der Waals surface area contributed by atoms with Crippen molar-refractivity contribution in [2.24, 2.45) is 7.05 Å². The van der Waals surface area contributed by atoms with Gasteiger partial charge in [-0.1, -0.05) is 24.3 Å². The van der Waals surface area contributed by atoms with E-state index < -0.39 is 0 Å². The van der Waals surface area contributed by atoms with Gasteiger partial charge in [-0.15, -0.1) is 0 Å². The first-order valence-corrected chi connectivity index (χ1v) is 14.5. The number of carbonyl (C=O) groups excluding carboxylic acids is 2. The first-order valence-electron chi connectivity index (χ1n) is 14.5. The maximum absolute atomic E-state index is 13.4. The number of morpholine rings is 1. The van der Waals surface area contributed by atoms with Crippen LogP contribution in [0.4, 0.5) is 26.4 Å². The molecule has 3 aromatic carbocycles. The summed E-state index contributed by atoms with van der Waals surface area (Å²) < 4.78 is 20.1. The molecule has 6 rings (SSSR count). The fourth-order valence-electron chi connectivity index (χ4n) is 5.56. The van der Waals surface area contributed by atoms with Gasteiger partial charge >= 0.3 is 6.03 Å². The summed E-state index contributed by atoms with van der Waals surface area (Å²) in [4.78, 5) is 49.1. The molecule has 3 heterocycles. The normalized spacial score (nSPS) is 15.2. The molecular weight excluding hydrogens is 563 g/mol. The number of rotatable bonds is 7. The summed E-state index contributed by atoms with van der Waals surface area (Å²) >= 11 is 0. The lowest BCUT2D eigenvalue weighted by Gasteiger charge is -2.26. The van der Waals surface area contributed by atoms with Gasteiger partial charge in [0, 0.05) is 68.5 Å². The van der Waals surface area contributed by atoms with Crippen LogP contribution in [0.15, 0.2) is 77.7 Å². The number of benzene rings is 3. The van der Waals surface area contributed by atoms with Gasteiger partial charge in [-0.25, -0.2) is 14.2 Å². The van der Waals surface area contributed by atoms with Gasteiger partial charge in [-0.2, -0.15) is 0 Å². The molecule has 2 aliphatic heterocycles. The molecule has 0 atom stereocenters. The molecule has 0 unspecified atom stereocenters. The average molecular weight is 597 g/mol. The second-order valence-electron chi connectivity index (χ2n) is 10.9. The molecule has 3 amide bonds. The van der Waals surface area contributed by atoms with Gasteiger partial charge in [0.1, 0.15) is 5.82 Å². The number of hydrogen-bond acceptors (Lipinski definition) is 6. The van der Waals surface area contributed by atoms with Crippen molar-refractivity contribution in [2.75, 3.05) is 49.6 Å². The van der Waals surface area contributed by atoms with Gasteiger partial charge in [0.2, 0.25) is 0 Å². The summed E-state index contributed by atoms with van der Waals surface area (Å²) in [5.74, 6) is -0.221. The highest BCUT2D eigenvalue weighted by Crippen LogP contribution is 2.32.